The minimum Gasteiger partial charge on any atom is -0.329 e. The van der Waals surface area contributed by atoms with Gasteiger partial charge in [-0.2, -0.15) is 5.10 Å². The van der Waals surface area contributed by atoms with Crippen LogP contribution in [0.1, 0.15) is 11.1 Å². The van der Waals surface area contributed by atoms with Crippen molar-refractivity contribution >= 4 is 44.9 Å². The lowest BCUT2D eigenvalue weighted by Crippen LogP contribution is -2.32. The number of hydrazone groups is 1. The Balaban J connectivity index is 2.10. The van der Waals surface area contributed by atoms with E-state index in [0.29, 0.717) is 17.3 Å². The van der Waals surface area contributed by atoms with Crippen molar-refractivity contribution in [2.45, 2.75) is 6.42 Å². The van der Waals surface area contributed by atoms with Gasteiger partial charge in [0.05, 0.1) is 0 Å². The maximum absolute atomic E-state index is 6.10. The highest BCUT2D eigenvalue weighted by Crippen LogP contribution is 2.26. The predicted molar refractivity (Wildman–Crippen MR) is 95.9 cm³/mol. The zero-order valence-corrected chi connectivity index (χ0v) is 14.3. The molecule has 0 radical (unpaired) electrons. The Morgan fingerprint density at radius 2 is 2.09 bits per heavy atom. The third-order valence-corrected chi connectivity index (χ3v) is 4.28. The summed E-state index contributed by atoms with van der Waals surface area (Å²) in [5, 5.41) is 4.47. The molecule has 0 spiro atoms. The molecule has 112 valence electrons. The van der Waals surface area contributed by atoms with Crippen molar-refractivity contribution in [1.29, 1.82) is 0 Å². The lowest BCUT2D eigenvalue weighted by Gasteiger charge is -2.26. The first-order valence-electron chi connectivity index (χ1n) is 6.72. The van der Waals surface area contributed by atoms with Gasteiger partial charge in [0.15, 0.2) is 5.84 Å². The summed E-state index contributed by atoms with van der Waals surface area (Å²) in [5.74, 6) is 6.84. The van der Waals surface area contributed by atoms with E-state index in [1.807, 2.05) is 54.4 Å². The lowest BCUT2D eigenvalue weighted by atomic mass is 9.99. The topological polar surface area (TPSA) is 54.0 Å². The summed E-state index contributed by atoms with van der Waals surface area (Å²) < 4.78 is 1.01. The molecule has 2 aromatic rings. The lowest BCUT2D eigenvalue weighted by molar-refractivity contribution is 1.13. The number of nitrogens with zero attached hydrogens (tertiary/aromatic N) is 3. The first kappa shape index (κ1) is 15.1. The SMILES string of the molecule is CN(C1=N/C(=N\N)Cc2cc(Cl)ccc21)c1cccc(Br)c1. The first-order valence-corrected chi connectivity index (χ1v) is 7.89. The van der Waals surface area contributed by atoms with Crippen LogP contribution in [0.2, 0.25) is 5.02 Å². The zero-order chi connectivity index (χ0) is 15.7. The largest absolute Gasteiger partial charge is 0.329 e. The van der Waals surface area contributed by atoms with Crippen molar-refractivity contribution in [3.8, 4) is 0 Å². The Morgan fingerprint density at radius 3 is 2.82 bits per heavy atom. The first-order chi connectivity index (χ1) is 10.6. The molecule has 2 N–H and O–H groups in total. The number of aliphatic imine (C=N–C) groups is 1. The number of hydrogen-bond donors (Lipinski definition) is 1. The number of fused-ring (bicyclic) bond motifs is 1. The summed E-state index contributed by atoms with van der Waals surface area (Å²) in [4.78, 5) is 6.60. The molecule has 22 heavy (non-hydrogen) atoms. The van der Waals surface area contributed by atoms with Gasteiger partial charge in [0.1, 0.15) is 5.84 Å². The molecule has 1 aliphatic rings. The molecule has 0 aromatic heterocycles. The van der Waals surface area contributed by atoms with E-state index in [1.165, 1.54) is 0 Å². The van der Waals surface area contributed by atoms with Gasteiger partial charge in [-0.3, -0.25) is 0 Å². The monoisotopic (exact) mass is 376 g/mol. The maximum Gasteiger partial charge on any atom is 0.154 e. The van der Waals surface area contributed by atoms with E-state index in [-0.39, 0.29) is 0 Å². The third-order valence-electron chi connectivity index (χ3n) is 3.55. The van der Waals surface area contributed by atoms with E-state index >= 15 is 0 Å². The van der Waals surface area contributed by atoms with E-state index in [1.54, 1.807) is 0 Å². The minimum absolute atomic E-state index is 0.586. The number of benzene rings is 2. The van der Waals surface area contributed by atoms with Crippen molar-refractivity contribution in [3.63, 3.8) is 0 Å². The standard InChI is InChI=1S/C16H14BrClN4/c1-22(13-4-2-3-11(17)9-13)16-14-6-5-12(18)7-10(14)8-15(20-16)21-19/h2-7,9H,8,19H2,1H3/b21-15-. The van der Waals surface area contributed by atoms with Gasteiger partial charge in [-0.15, -0.1) is 0 Å². The second kappa shape index (κ2) is 6.10. The van der Waals surface area contributed by atoms with Gasteiger partial charge in [0.2, 0.25) is 0 Å². The molecule has 0 saturated heterocycles. The van der Waals surface area contributed by atoms with E-state index < -0.39 is 0 Å². The van der Waals surface area contributed by atoms with Crippen LogP contribution >= 0.6 is 27.5 Å². The van der Waals surface area contributed by atoms with Gasteiger partial charge in [0.25, 0.3) is 0 Å². The van der Waals surface area contributed by atoms with E-state index in [4.69, 9.17) is 17.4 Å². The van der Waals surface area contributed by atoms with Crippen molar-refractivity contribution in [2.75, 3.05) is 11.9 Å². The second-order valence-corrected chi connectivity index (χ2v) is 6.35. The molecule has 0 unspecified atom stereocenters. The molecular formula is C16H14BrClN4. The van der Waals surface area contributed by atoms with Crippen molar-refractivity contribution in [1.82, 2.24) is 0 Å². The highest BCUT2D eigenvalue weighted by Gasteiger charge is 2.22. The average molecular weight is 378 g/mol. The average Bonchev–Trinajstić information content (AvgIpc) is 2.52. The van der Waals surface area contributed by atoms with Gasteiger partial charge in [-0.1, -0.05) is 33.6 Å². The van der Waals surface area contributed by atoms with Crippen LogP contribution in [0.5, 0.6) is 0 Å². The van der Waals surface area contributed by atoms with Crippen molar-refractivity contribution in [3.05, 3.63) is 63.1 Å². The zero-order valence-electron chi connectivity index (χ0n) is 11.9. The van der Waals surface area contributed by atoms with Gasteiger partial charge in [0, 0.05) is 34.2 Å². The van der Waals surface area contributed by atoms with Crippen LogP contribution in [0, 0.1) is 0 Å². The van der Waals surface area contributed by atoms with E-state index in [2.05, 4.69) is 26.0 Å². The van der Waals surface area contributed by atoms with Crippen LogP contribution < -0.4 is 10.7 Å². The van der Waals surface area contributed by atoms with Crippen molar-refractivity contribution < 1.29 is 0 Å². The molecule has 0 saturated carbocycles. The van der Waals surface area contributed by atoms with E-state index in [9.17, 15) is 0 Å². The van der Waals surface area contributed by atoms with Gasteiger partial charge >= 0.3 is 0 Å². The molecule has 2 aromatic carbocycles. The molecule has 3 rings (SSSR count). The molecule has 1 aliphatic heterocycles. The Hall–Kier alpha value is -1.85. The smallest absolute Gasteiger partial charge is 0.154 e. The number of nitrogens with two attached hydrogens (primary N) is 1. The molecule has 0 amide bonds. The summed E-state index contributed by atoms with van der Waals surface area (Å²) in [6.45, 7) is 0. The molecule has 0 bridgehead atoms. The highest BCUT2D eigenvalue weighted by molar-refractivity contribution is 9.10. The third kappa shape index (κ3) is 2.87. The summed E-state index contributed by atoms with van der Waals surface area (Å²) in [7, 11) is 1.97. The van der Waals surface area contributed by atoms with Crippen LogP contribution in [0.25, 0.3) is 0 Å². The normalized spacial score (nSPS) is 15.4. The predicted octanol–water partition coefficient (Wildman–Crippen LogP) is 3.81. The minimum atomic E-state index is 0.586. The van der Waals surface area contributed by atoms with E-state index in [0.717, 1.165) is 27.1 Å². The van der Waals surface area contributed by atoms with Gasteiger partial charge in [-0.05, 0) is 42.0 Å². The van der Waals surface area contributed by atoms with Crippen LogP contribution in [-0.2, 0) is 6.42 Å². The van der Waals surface area contributed by atoms with Crippen LogP contribution in [0.4, 0.5) is 5.69 Å². The number of halogens is 2. The second-order valence-electron chi connectivity index (χ2n) is 5.00. The fourth-order valence-corrected chi connectivity index (χ4v) is 3.04. The van der Waals surface area contributed by atoms with Crippen LogP contribution in [-0.4, -0.2) is 18.7 Å². The Morgan fingerprint density at radius 1 is 1.27 bits per heavy atom. The number of hydrogen-bond acceptors (Lipinski definition) is 3. The number of rotatable bonds is 1. The molecule has 4 nitrogen and oxygen atoms in total. The fourth-order valence-electron chi connectivity index (χ4n) is 2.46. The van der Waals surface area contributed by atoms with Gasteiger partial charge in [-0.25, -0.2) is 4.99 Å². The summed E-state index contributed by atoms with van der Waals surface area (Å²) >= 11 is 9.60. The maximum atomic E-state index is 6.10. The Kier molecular flexibility index (Phi) is 4.18. The van der Waals surface area contributed by atoms with Crippen LogP contribution in [0.15, 0.2) is 57.0 Å². The molecule has 6 heteroatoms. The summed E-state index contributed by atoms with van der Waals surface area (Å²) in [6.07, 6.45) is 0.586. The molecule has 0 atom stereocenters. The van der Waals surface area contributed by atoms with Crippen LogP contribution in [0.3, 0.4) is 0 Å². The Bertz CT molecular complexity index is 785. The number of amidine groups is 2. The number of anilines is 1. The quantitative estimate of drug-likeness (QED) is 0.607. The summed E-state index contributed by atoms with van der Waals surface area (Å²) in [6, 6.07) is 13.8. The molecule has 1 heterocycles. The molecular weight excluding hydrogens is 364 g/mol. The van der Waals surface area contributed by atoms with Crippen molar-refractivity contribution in [2.24, 2.45) is 15.9 Å². The highest BCUT2D eigenvalue weighted by atomic mass is 79.9. The fraction of sp³-hybridized carbons (Fsp3) is 0.125. The van der Waals surface area contributed by atoms with Gasteiger partial charge < -0.3 is 10.7 Å². The Labute approximate surface area is 142 Å². The molecule has 0 aliphatic carbocycles. The molecule has 0 fully saturated rings. The summed E-state index contributed by atoms with van der Waals surface area (Å²) in [5.41, 5.74) is 3.13.